The van der Waals surface area contributed by atoms with Gasteiger partial charge in [0, 0.05) is 37.0 Å². The van der Waals surface area contributed by atoms with Gasteiger partial charge in [-0.1, -0.05) is 6.07 Å². The molecule has 7 heteroatoms. The summed E-state index contributed by atoms with van der Waals surface area (Å²) in [6.45, 7) is 5.42. The van der Waals surface area contributed by atoms with Crippen LogP contribution in [0.3, 0.4) is 0 Å². The Hall–Kier alpha value is -1.11. The quantitative estimate of drug-likeness (QED) is 0.887. The van der Waals surface area contributed by atoms with Crippen molar-refractivity contribution in [3.63, 3.8) is 0 Å². The smallest absolute Gasteiger partial charge is 0.254 e. The highest BCUT2D eigenvalue weighted by Crippen LogP contribution is 2.17. The molecule has 0 radical (unpaired) electrons. The molecule has 1 amide bonds. The minimum Gasteiger partial charge on any atom is -0.333 e. The first-order valence-corrected chi connectivity index (χ1v) is 8.54. The summed E-state index contributed by atoms with van der Waals surface area (Å²) in [4.78, 5) is 14.5. The Balaban J connectivity index is 0.00000220. The topological polar surface area (TPSA) is 66.5 Å². The summed E-state index contributed by atoms with van der Waals surface area (Å²) < 4.78 is 23.1. The molecule has 1 aliphatic heterocycles. The van der Waals surface area contributed by atoms with E-state index in [4.69, 9.17) is 0 Å². The zero-order valence-electron chi connectivity index (χ0n) is 12.4. The maximum Gasteiger partial charge on any atom is 0.254 e. The number of nitrogens with zero attached hydrogens (tertiary/aromatic N) is 1. The number of sulfone groups is 1. The summed E-state index contributed by atoms with van der Waals surface area (Å²) in [5.41, 5.74) is 0.425. The van der Waals surface area contributed by atoms with Crippen molar-refractivity contribution in [1.29, 1.82) is 0 Å². The second-order valence-corrected chi connectivity index (χ2v) is 7.30. The second-order valence-electron chi connectivity index (χ2n) is 5.28. The van der Waals surface area contributed by atoms with E-state index in [9.17, 15) is 13.2 Å². The Bertz CT molecular complexity index is 618. The fraction of sp³-hybridized carbons (Fsp3) is 0.500. The van der Waals surface area contributed by atoms with E-state index in [1.165, 1.54) is 12.1 Å². The van der Waals surface area contributed by atoms with Crippen molar-refractivity contribution in [3.05, 3.63) is 29.8 Å². The molecule has 2 unspecified atom stereocenters. The lowest BCUT2D eigenvalue weighted by Gasteiger charge is -2.38. The standard InChI is InChI=1S/C14H20N2O3S.ClH/c1-10-11(2)16(8-7-15-10)14(17)12-5-4-6-13(9-12)20(3,18)19;/h4-6,9-11,15H,7-8H2,1-3H3;1H. The molecule has 1 aliphatic rings. The summed E-state index contributed by atoms with van der Waals surface area (Å²) in [6, 6.07) is 6.55. The average molecular weight is 333 g/mol. The van der Waals surface area contributed by atoms with E-state index < -0.39 is 9.84 Å². The number of hydrogen-bond donors (Lipinski definition) is 1. The van der Waals surface area contributed by atoms with Gasteiger partial charge in [-0.2, -0.15) is 0 Å². The molecule has 0 bridgehead atoms. The van der Waals surface area contributed by atoms with E-state index in [-0.39, 0.29) is 35.3 Å². The maximum atomic E-state index is 12.5. The Labute approximate surface area is 132 Å². The summed E-state index contributed by atoms with van der Waals surface area (Å²) in [5.74, 6) is -0.114. The summed E-state index contributed by atoms with van der Waals surface area (Å²) in [5, 5.41) is 3.31. The molecule has 21 heavy (non-hydrogen) atoms. The highest BCUT2D eigenvalue weighted by atomic mass is 35.5. The van der Waals surface area contributed by atoms with Crippen molar-refractivity contribution in [2.24, 2.45) is 0 Å². The molecule has 2 rings (SSSR count). The van der Waals surface area contributed by atoms with Gasteiger partial charge in [-0.15, -0.1) is 12.4 Å². The predicted molar refractivity (Wildman–Crippen MR) is 84.8 cm³/mol. The molecule has 1 aromatic rings. The molecule has 0 saturated carbocycles. The van der Waals surface area contributed by atoms with Gasteiger partial charge in [-0.05, 0) is 32.0 Å². The first-order chi connectivity index (χ1) is 9.30. The number of hydrogen-bond acceptors (Lipinski definition) is 4. The van der Waals surface area contributed by atoms with Crippen molar-refractivity contribution >= 4 is 28.2 Å². The summed E-state index contributed by atoms with van der Waals surface area (Å²) in [6.07, 6.45) is 1.14. The fourth-order valence-electron chi connectivity index (χ4n) is 2.37. The van der Waals surface area contributed by atoms with Crippen LogP contribution in [0.5, 0.6) is 0 Å². The number of piperazine rings is 1. The van der Waals surface area contributed by atoms with E-state index in [1.54, 1.807) is 17.0 Å². The third kappa shape index (κ3) is 3.96. The number of carbonyl (C=O) groups excluding carboxylic acids is 1. The lowest BCUT2D eigenvalue weighted by molar-refractivity contribution is 0.0602. The van der Waals surface area contributed by atoms with Gasteiger partial charge < -0.3 is 10.2 Å². The normalized spacial score (nSPS) is 22.5. The highest BCUT2D eigenvalue weighted by Gasteiger charge is 2.29. The molecule has 1 heterocycles. The van der Waals surface area contributed by atoms with Crippen molar-refractivity contribution in [2.45, 2.75) is 30.8 Å². The Kier molecular flexibility index (Phi) is 5.78. The van der Waals surface area contributed by atoms with Crippen LogP contribution in [0.1, 0.15) is 24.2 Å². The van der Waals surface area contributed by atoms with Gasteiger partial charge in [0.25, 0.3) is 5.91 Å². The lowest BCUT2D eigenvalue weighted by atomic mass is 10.1. The summed E-state index contributed by atoms with van der Waals surface area (Å²) >= 11 is 0. The first-order valence-electron chi connectivity index (χ1n) is 6.65. The van der Waals surface area contributed by atoms with E-state index in [0.717, 1.165) is 12.8 Å². The van der Waals surface area contributed by atoms with Gasteiger partial charge in [-0.25, -0.2) is 8.42 Å². The monoisotopic (exact) mass is 332 g/mol. The van der Waals surface area contributed by atoms with Gasteiger partial charge in [0.05, 0.1) is 4.90 Å². The average Bonchev–Trinajstić information content (AvgIpc) is 2.40. The van der Waals surface area contributed by atoms with Crippen LogP contribution >= 0.6 is 12.4 Å². The van der Waals surface area contributed by atoms with Crippen molar-refractivity contribution in [3.8, 4) is 0 Å². The molecule has 118 valence electrons. The molecule has 5 nitrogen and oxygen atoms in total. The minimum absolute atomic E-state index is 0. The third-order valence-electron chi connectivity index (χ3n) is 3.80. The molecular formula is C14H21ClN2O3S. The number of halogens is 1. The Morgan fingerprint density at radius 1 is 1.33 bits per heavy atom. The van der Waals surface area contributed by atoms with Crippen molar-refractivity contribution < 1.29 is 13.2 Å². The molecule has 2 atom stereocenters. The first kappa shape index (κ1) is 17.9. The largest absolute Gasteiger partial charge is 0.333 e. The van der Waals surface area contributed by atoms with Crippen LogP contribution < -0.4 is 5.32 Å². The molecule has 1 saturated heterocycles. The van der Waals surface area contributed by atoms with Gasteiger partial charge >= 0.3 is 0 Å². The predicted octanol–water partition coefficient (Wildman–Crippen LogP) is 1.33. The van der Waals surface area contributed by atoms with E-state index in [2.05, 4.69) is 5.32 Å². The SMILES string of the molecule is CC1NCCN(C(=O)c2cccc(S(C)(=O)=O)c2)C1C.Cl. The van der Waals surface area contributed by atoms with Crippen LogP contribution in [0.4, 0.5) is 0 Å². The van der Waals surface area contributed by atoms with Gasteiger partial charge in [0.2, 0.25) is 0 Å². The highest BCUT2D eigenvalue weighted by molar-refractivity contribution is 7.90. The van der Waals surface area contributed by atoms with Crippen LogP contribution in [0.15, 0.2) is 29.2 Å². The van der Waals surface area contributed by atoms with Crippen LogP contribution in [-0.4, -0.2) is 50.7 Å². The molecule has 1 N–H and O–H groups in total. The second kappa shape index (κ2) is 6.77. The molecule has 1 aromatic carbocycles. The number of nitrogens with one attached hydrogen (secondary N) is 1. The van der Waals surface area contributed by atoms with Crippen LogP contribution in [0.2, 0.25) is 0 Å². The Morgan fingerprint density at radius 3 is 2.62 bits per heavy atom. The lowest BCUT2D eigenvalue weighted by Crippen LogP contribution is -2.57. The Morgan fingerprint density at radius 2 is 2.00 bits per heavy atom. The minimum atomic E-state index is -3.30. The summed E-state index contributed by atoms with van der Waals surface area (Å²) in [7, 11) is -3.30. The van der Waals surface area contributed by atoms with E-state index >= 15 is 0 Å². The molecule has 1 fully saturated rings. The number of amides is 1. The van der Waals surface area contributed by atoms with Gasteiger partial charge in [-0.3, -0.25) is 4.79 Å². The van der Waals surface area contributed by atoms with Gasteiger partial charge in [0.15, 0.2) is 9.84 Å². The molecular weight excluding hydrogens is 312 g/mol. The third-order valence-corrected chi connectivity index (χ3v) is 4.91. The zero-order chi connectivity index (χ0) is 14.9. The van der Waals surface area contributed by atoms with Gasteiger partial charge in [0.1, 0.15) is 0 Å². The molecule has 0 spiro atoms. The van der Waals surface area contributed by atoms with Crippen LogP contribution in [-0.2, 0) is 9.84 Å². The van der Waals surface area contributed by atoms with Crippen molar-refractivity contribution in [1.82, 2.24) is 10.2 Å². The number of rotatable bonds is 2. The number of benzene rings is 1. The maximum absolute atomic E-state index is 12.5. The van der Waals surface area contributed by atoms with Crippen molar-refractivity contribution in [2.75, 3.05) is 19.3 Å². The number of carbonyl (C=O) groups is 1. The van der Waals surface area contributed by atoms with Crippen LogP contribution in [0, 0.1) is 0 Å². The zero-order valence-corrected chi connectivity index (χ0v) is 14.0. The molecule has 0 aliphatic carbocycles. The van der Waals surface area contributed by atoms with Crippen LogP contribution in [0.25, 0.3) is 0 Å². The molecule has 0 aromatic heterocycles. The fourth-order valence-corrected chi connectivity index (χ4v) is 3.04. The van der Waals surface area contributed by atoms with E-state index in [1.807, 2.05) is 13.8 Å². The van der Waals surface area contributed by atoms with E-state index in [0.29, 0.717) is 12.1 Å².